The van der Waals surface area contributed by atoms with E-state index in [1.807, 2.05) is 0 Å². The molecule has 0 fully saturated rings. The molecule has 0 aliphatic carbocycles. The lowest BCUT2D eigenvalue weighted by molar-refractivity contribution is 0.305. The molecule has 0 saturated heterocycles. The lowest BCUT2D eigenvalue weighted by Gasteiger charge is -2.19. The van der Waals surface area contributed by atoms with Crippen LogP contribution < -0.4 is 15.8 Å². The fraction of sp³-hybridized carbons (Fsp3) is 0.214. The third kappa shape index (κ3) is 4.32. The quantitative estimate of drug-likeness (QED) is 0.230. The highest BCUT2D eigenvalue weighted by Gasteiger charge is 2.25. The molecule has 0 radical (unpaired) electrons. The first kappa shape index (κ1) is 19.9. The number of benzene rings is 1. The van der Waals surface area contributed by atoms with Gasteiger partial charge in [-0.05, 0) is 34.9 Å². The maximum absolute atomic E-state index is 13.3. The van der Waals surface area contributed by atoms with Crippen LogP contribution in [0.25, 0.3) is 0 Å². The van der Waals surface area contributed by atoms with Crippen molar-refractivity contribution in [3.05, 3.63) is 46.5 Å². The second-order valence-electron chi connectivity index (χ2n) is 5.62. The van der Waals surface area contributed by atoms with Gasteiger partial charge in [-0.25, -0.2) is 14.2 Å². The number of anilines is 2. The number of aromatic nitrogens is 2. The zero-order chi connectivity index (χ0) is 20.3. The van der Waals surface area contributed by atoms with Gasteiger partial charge in [-0.15, -0.1) is 0 Å². The summed E-state index contributed by atoms with van der Waals surface area (Å²) in [5.74, 6) is -0.685. The van der Waals surface area contributed by atoms with Crippen LogP contribution in [0.1, 0.15) is 12.1 Å². The first-order valence-corrected chi connectivity index (χ1v) is 9.68. The van der Waals surface area contributed by atoms with Crippen LogP contribution in [-0.4, -0.2) is 47.2 Å². The molecular formula is C14H15ClFN7O4S. The SMILES string of the molecule is NS(=O)(=O)N1CCC=C1CNc1nonc1/C(=N/O)Nc1ccc(F)c(Cl)c1. The first-order chi connectivity index (χ1) is 13.3. The van der Waals surface area contributed by atoms with Crippen molar-refractivity contribution in [3.8, 4) is 0 Å². The van der Waals surface area contributed by atoms with Gasteiger partial charge in [-0.1, -0.05) is 22.8 Å². The van der Waals surface area contributed by atoms with Crippen LogP contribution in [0.15, 0.2) is 39.8 Å². The van der Waals surface area contributed by atoms with Gasteiger partial charge in [0.1, 0.15) is 5.82 Å². The van der Waals surface area contributed by atoms with E-state index in [-0.39, 0.29) is 35.5 Å². The van der Waals surface area contributed by atoms with Crippen molar-refractivity contribution in [3.63, 3.8) is 0 Å². The van der Waals surface area contributed by atoms with E-state index in [2.05, 4.69) is 30.7 Å². The summed E-state index contributed by atoms with van der Waals surface area (Å²) in [6, 6.07) is 3.80. The molecule has 1 aromatic carbocycles. The van der Waals surface area contributed by atoms with Crippen molar-refractivity contribution in [2.75, 3.05) is 23.7 Å². The molecule has 3 rings (SSSR count). The summed E-state index contributed by atoms with van der Waals surface area (Å²) in [5, 5.41) is 30.3. The molecule has 0 saturated carbocycles. The molecule has 0 bridgehead atoms. The van der Waals surface area contributed by atoms with Gasteiger partial charge in [0.05, 0.1) is 11.6 Å². The largest absolute Gasteiger partial charge is 0.409 e. The van der Waals surface area contributed by atoms with Crippen molar-refractivity contribution in [2.45, 2.75) is 6.42 Å². The summed E-state index contributed by atoms with van der Waals surface area (Å²) in [7, 11) is -3.88. The minimum Gasteiger partial charge on any atom is -0.409 e. The van der Waals surface area contributed by atoms with Crippen LogP contribution in [0.4, 0.5) is 15.9 Å². The molecule has 0 atom stereocenters. The summed E-state index contributed by atoms with van der Waals surface area (Å²) in [6.45, 7) is 0.300. The van der Waals surface area contributed by atoms with Crippen LogP contribution in [-0.2, 0) is 10.2 Å². The highest BCUT2D eigenvalue weighted by Crippen LogP contribution is 2.22. The van der Waals surface area contributed by atoms with Crippen molar-refractivity contribution in [1.29, 1.82) is 0 Å². The van der Waals surface area contributed by atoms with E-state index in [9.17, 15) is 18.0 Å². The molecular weight excluding hydrogens is 417 g/mol. The number of amidine groups is 1. The highest BCUT2D eigenvalue weighted by atomic mass is 35.5. The molecule has 2 heterocycles. The van der Waals surface area contributed by atoms with Gasteiger partial charge < -0.3 is 15.8 Å². The lowest BCUT2D eigenvalue weighted by atomic mass is 10.3. The van der Waals surface area contributed by atoms with E-state index in [4.69, 9.17) is 16.7 Å². The summed E-state index contributed by atoms with van der Waals surface area (Å²) >= 11 is 5.72. The average Bonchev–Trinajstić information content (AvgIpc) is 3.29. The molecule has 150 valence electrons. The number of hydrogen-bond acceptors (Lipinski definition) is 8. The third-order valence-corrected chi connectivity index (χ3v) is 5.09. The fourth-order valence-electron chi connectivity index (χ4n) is 2.52. The van der Waals surface area contributed by atoms with E-state index < -0.39 is 16.0 Å². The van der Waals surface area contributed by atoms with Gasteiger partial charge in [0.25, 0.3) is 10.2 Å². The number of hydrogen-bond donors (Lipinski definition) is 4. The molecule has 28 heavy (non-hydrogen) atoms. The second kappa shape index (κ2) is 8.00. The van der Waals surface area contributed by atoms with Gasteiger partial charge in [-0.3, -0.25) is 4.31 Å². The van der Waals surface area contributed by atoms with E-state index >= 15 is 0 Å². The van der Waals surface area contributed by atoms with E-state index in [0.29, 0.717) is 17.8 Å². The number of nitrogens with one attached hydrogen (secondary N) is 2. The Labute approximate surface area is 163 Å². The molecule has 1 aliphatic heterocycles. The molecule has 5 N–H and O–H groups in total. The zero-order valence-corrected chi connectivity index (χ0v) is 15.7. The molecule has 14 heteroatoms. The predicted molar refractivity (Wildman–Crippen MR) is 98.7 cm³/mol. The Morgan fingerprint density at radius 1 is 1.46 bits per heavy atom. The van der Waals surface area contributed by atoms with Crippen molar-refractivity contribution in [1.82, 2.24) is 14.6 Å². The van der Waals surface area contributed by atoms with Gasteiger partial charge >= 0.3 is 0 Å². The van der Waals surface area contributed by atoms with Crippen LogP contribution in [0.2, 0.25) is 5.02 Å². The number of nitrogens with zero attached hydrogens (tertiary/aromatic N) is 4. The number of halogens is 2. The second-order valence-corrected chi connectivity index (χ2v) is 7.50. The summed E-state index contributed by atoms with van der Waals surface area (Å²) in [5.41, 5.74) is 0.757. The average molecular weight is 432 g/mol. The van der Waals surface area contributed by atoms with E-state index in [1.165, 1.54) is 12.1 Å². The van der Waals surface area contributed by atoms with Gasteiger partial charge in [0.2, 0.25) is 11.7 Å². The van der Waals surface area contributed by atoms with Crippen molar-refractivity contribution < 1.29 is 22.6 Å². The molecule has 0 unspecified atom stereocenters. The minimum absolute atomic E-state index is 0.00343. The van der Waals surface area contributed by atoms with Gasteiger partial charge in [0, 0.05) is 17.9 Å². The number of rotatable bonds is 6. The smallest absolute Gasteiger partial charge is 0.298 e. The predicted octanol–water partition coefficient (Wildman–Crippen LogP) is 1.32. The summed E-state index contributed by atoms with van der Waals surface area (Å²) in [4.78, 5) is 0. The van der Waals surface area contributed by atoms with E-state index in [0.717, 1.165) is 10.4 Å². The van der Waals surface area contributed by atoms with Crippen LogP contribution in [0, 0.1) is 5.82 Å². The Kier molecular flexibility index (Phi) is 5.67. The lowest BCUT2D eigenvalue weighted by Crippen LogP contribution is -2.36. The van der Waals surface area contributed by atoms with Crippen LogP contribution in [0.3, 0.4) is 0 Å². The number of nitrogens with two attached hydrogens (primary N) is 1. The van der Waals surface area contributed by atoms with Crippen LogP contribution in [0.5, 0.6) is 0 Å². The summed E-state index contributed by atoms with van der Waals surface area (Å²) in [6.07, 6.45) is 2.23. The Bertz CT molecular complexity index is 1040. The highest BCUT2D eigenvalue weighted by molar-refractivity contribution is 7.86. The molecule has 2 aromatic rings. The minimum atomic E-state index is -3.88. The topological polar surface area (TPSA) is 159 Å². The third-order valence-electron chi connectivity index (χ3n) is 3.77. The zero-order valence-electron chi connectivity index (χ0n) is 14.1. The molecule has 1 aliphatic rings. The maximum Gasteiger partial charge on any atom is 0.298 e. The van der Waals surface area contributed by atoms with Crippen LogP contribution >= 0.6 is 11.6 Å². The molecule has 0 spiro atoms. The maximum atomic E-state index is 13.3. The standard InChI is InChI=1S/C14H15ClFN7O4S/c15-10-6-8(3-4-11(10)16)19-14(20-24)12-13(22-27-21-12)18-7-9-2-1-5-23(9)28(17,25)26/h2-4,6,24H,1,5,7H2,(H,18,22)(H,19,20)(H2,17,25,26). The molecule has 1 aromatic heterocycles. The van der Waals surface area contributed by atoms with Gasteiger partial charge in [0.15, 0.2) is 5.69 Å². The molecule has 0 amide bonds. The summed E-state index contributed by atoms with van der Waals surface area (Å²) < 4.78 is 42.1. The fourth-order valence-corrected chi connectivity index (χ4v) is 3.53. The Balaban J connectivity index is 1.74. The first-order valence-electron chi connectivity index (χ1n) is 7.80. The number of oxime groups is 1. The Hall–Kier alpha value is -2.90. The Morgan fingerprint density at radius 2 is 2.25 bits per heavy atom. The normalized spacial score (nSPS) is 14.9. The van der Waals surface area contributed by atoms with Crippen molar-refractivity contribution >= 4 is 39.2 Å². The van der Waals surface area contributed by atoms with Gasteiger partial charge in [-0.2, -0.15) is 8.42 Å². The monoisotopic (exact) mass is 431 g/mol. The van der Waals surface area contributed by atoms with Crippen molar-refractivity contribution in [2.24, 2.45) is 10.3 Å². The van der Waals surface area contributed by atoms with E-state index in [1.54, 1.807) is 6.08 Å². The molecule has 11 nitrogen and oxygen atoms in total. The Morgan fingerprint density at radius 3 is 2.93 bits per heavy atom.